The van der Waals surface area contributed by atoms with E-state index in [0.29, 0.717) is 26.3 Å². The van der Waals surface area contributed by atoms with Crippen LogP contribution in [0, 0.1) is 0 Å². The van der Waals surface area contributed by atoms with Crippen LogP contribution < -0.4 is 5.32 Å². The highest BCUT2D eigenvalue weighted by Gasteiger charge is 2.19. The molecule has 0 unspecified atom stereocenters. The monoisotopic (exact) mass is 260 g/mol. The van der Waals surface area contributed by atoms with Gasteiger partial charge in [0, 0.05) is 18.8 Å². The number of rotatable bonds is 1. The number of amides is 2. The van der Waals surface area contributed by atoms with Crippen LogP contribution in [0.4, 0.5) is 10.5 Å². The molecule has 0 radical (unpaired) electrons. The third-order valence-electron chi connectivity index (χ3n) is 3.94. The number of fused-ring (bicyclic) bond motifs is 1. The predicted molar refractivity (Wildman–Crippen MR) is 74.5 cm³/mol. The van der Waals surface area contributed by atoms with Crippen LogP contribution in [0.1, 0.15) is 24.0 Å². The molecule has 0 spiro atoms. The third-order valence-corrected chi connectivity index (χ3v) is 3.94. The smallest absolute Gasteiger partial charge is 0.322 e. The van der Waals surface area contributed by atoms with Gasteiger partial charge < -0.3 is 15.0 Å². The van der Waals surface area contributed by atoms with Crippen LogP contribution in [0.15, 0.2) is 18.2 Å². The second-order valence-corrected chi connectivity index (χ2v) is 5.18. The Balaban J connectivity index is 1.74. The van der Waals surface area contributed by atoms with Gasteiger partial charge in [0.25, 0.3) is 0 Å². The van der Waals surface area contributed by atoms with Crippen LogP contribution in [0.25, 0.3) is 0 Å². The fourth-order valence-corrected chi connectivity index (χ4v) is 2.86. The number of hydrogen-bond donors (Lipinski definition) is 1. The summed E-state index contributed by atoms with van der Waals surface area (Å²) < 4.78 is 5.27. The van der Waals surface area contributed by atoms with E-state index in [9.17, 15) is 4.79 Å². The Morgan fingerprint density at radius 2 is 1.95 bits per heavy atom. The lowest BCUT2D eigenvalue weighted by molar-refractivity contribution is 0.0564. The van der Waals surface area contributed by atoms with Gasteiger partial charge >= 0.3 is 6.03 Å². The SMILES string of the molecule is O=C(Nc1cccc2c1CCCC2)N1CCOCC1. The fraction of sp³-hybridized carbons (Fsp3) is 0.533. The summed E-state index contributed by atoms with van der Waals surface area (Å²) >= 11 is 0. The van der Waals surface area contributed by atoms with Gasteiger partial charge in [0.15, 0.2) is 0 Å². The van der Waals surface area contributed by atoms with Gasteiger partial charge in [0.05, 0.1) is 13.2 Å². The van der Waals surface area contributed by atoms with Crippen molar-refractivity contribution in [3.63, 3.8) is 0 Å². The lowest BCUT2D eigenvalue weighted by Gasteiger charge is -2.28. The molecule has 0 aromatic heterocycles. The minimum atomic E-state index is 0.00211. The Morgan fingerprint density at radius 1 is 1.16 bits per heavy atom. The summed E-state index contributed by atoms with van der Waals surface area (Å²) in [5.41, 5.74) is 3.72. The largest absolute Gasteiger partial charge is 0.378 e. The standard InChI is InChI=1S/C15H20N2O2/c18-15(17-8-10-19-11-9-17)16-14-7-3-5-12-4-1-2-6-13(12)14/h3,5,7H,1-2,4,6,8-11H2,(H,16,18). The molecule has 1 aromatic carbocycles. The molecule has 1 heterocycles. The topological polar surface area (TPSA) is 41.6 Å². The molecule has 19 heavy (non-hydrogen) atoms. The second kappa shape index (κ2) is 5.61. The van der Waals surface area contributed by atoms with E-state index in [1.807, 2.05) is 17.0 Å². The zero-order chi connectivity index (χ0) is 13.1. The number of hydrogen-bond acceptors (Lipinski definition) is 2. The van der Waals surface area contributed by atoms with E-state index >= 15 is 0 Å². The van der Waals surface area contributed by atoms with Gasteiger partial charge in [-0.25, -0.2) is 4.79 Å². The summed E-state index contributed by atoms with van der Waals surface area (Å²) in [4.78, 5) is 14.0. The van der Waals surface area contributed by atoms with Crippen molar-refractivity contribution in [1.29, 1.82) is 0 Å². The fourth-order valence-electron chi connectivity index (χ4n) is 2.86. The van der Waals surface area contributed by atoms with E-state index < -0.39 is 0 Å². The van der Waals surface area contributed by atoms with E-state index in [1.165, 1.54) is 24.0 Å². The number of nitrogens with one attached hydrogen (secondary N) is 1. The predicted octanol–water partition coefficient (Wildman–Crippen LogP) is 2.43. The molecule has 4 nitrogen and oxygen atoms in total. The third kappa shape index (κ3) is 2.73. The van der Waals surface area contributed by atoms with Gasteiger partial charge in [-0.15, -0.1) is 0 Å². The number of carbonyl (C=O) groups excluding carboxylic acids is 1. The Morgan fingerprint density at radius 3 is 2.79 bits per heavy atom. The van der Waals surface area contributed by atoms with Crippen LogP contribution in [0.2, 0.25) is 0 Å². The van der Waals surface area contributed by atoms with Crippen LogP contribution >= 0.6 is 0 Å². The van der Waals surface area contributed by atoms with E-state index in [-0.39, 0.29) is 6.03 Å². The zero-order valence-electron chi connectivity index (χ0n) is 11.2. The highest BCUT2D eigenvalue weighted by molar-refractivity contribution is 5.90. The van der Waals surface area contributed by atoms with E-state index in [1.54, 1.807) is 0 Å². The molecule has 1 aliphatic heterocycles. The number of aryl methyl sites for hydroxylation is 1. The number of ether oxygens (including phenoxy) is 1. The minimum Gasteiger partial charge on any atom is -0.378 e. The molecule has 102 valence electrons. The van der Waals surface area contributed by atoms with Gasteiger partial charge in [-0.05, 0) is 42.9 Å². The number of morpholine rings is 1. The molecule has 4 heteroatoms. The Hall–Kier alpha value is -1.55. The average Bonchev–Trinajstić information content (AvgIpc) is 2.48. The van der Waals surface area contributed by atoms with Gasteiger partial charge in [0.1, 0.15) is 0 Å². The summed E-state index contributed by atoms with van der Waals surface area (Å²) in [6, 6.07) is 6.24. The summed E-state index contributed by atoms with van der Waals surface area (Å²) in [7, 11) is 0. The van der Waals surface area contributed by atoms with Gasteiger partial charge in [-0.2, -0.15) is 0 Å². The number of nitrogens with zero attached hydrogens (tertiary/aromatic N) is 1. The number of benzene rings is 1. The molecular weight excluding hydrogens is 240 g/mol. The Bertz CT molecular complexity index is 467. The second-order valence-electron chi connectivity index (χ2n) is 5.18. The Labute approximate surface area is 113 Å². The van der Waals surface area contributed by atoms with Crippen molar-refractivity contribution in [3.05, 3.63) is 29.3 Å². The van der Waals surface area contributed by atoms with Gasteiger partial charge in [-0.1, -0.05) is 12.1 Å². The molecule has 2 aliphatic rings. The molecule has 0 atom stereocenters. The summed E-state index contributed by atoms with van der Waals surface area (Å²) in [6.45, 7) is 2.64. The first-order chi connectivity index (χ1) is 9.34. The first-order valence-electron chi connectivity index (χ1n) is 7.09. The van der Waals surface area contributed by atoms with Crippen molar-refractivity contribution in [2.45, 2.75) is 25.7 Å². The van der Waals surface area contributed by atoms with Crippen molar-refractivity contribution in [2.75, 3.05) is 31.6 Å². The summed E-state index contributed by atoms with van der Waals surface area (Å²) in [5.74, 6) is 0. The van der Waals surface area contributed by atoms with Crippen molar-refractivity contribution in [3.8, 4) is 0 Å². The normalized spacial score (nSPS) is 18.8. The van der Waals surface area contributed by atoms with Crippen LogP contribution in [0.5, 0.6) is 0 Å². The first kappa shape index (κ1) is 12.5. The highest BCUT2D eigenvalue weighted by atomic mass is 16.5. The van der Waals surface area contributed by atoms with Gasteiger partial charge in [0.2, 0.25) is 0 Å². The lowest BCUT2D eigenvalue weighted by Crippen LogP contribution is -2.43. The molecular formula is C15H20N2O2. The molecule has 3 rings (SSSR count). The van der Waals surface area contributed by atoms with Gasteiger partial charge in [-0.3, -0.25) is 0 Å². The summed E-state index contributed by atoms with van der Waals surface area (Å²) in [6.07, 6.45) is 4.69. The first-order valence-corrected chi connectivity index (χ1v) is 7.09. The van der Waals surface area contributed by atoms with Crippen LogP contribution in [-0.4, -0.2) is 37.2 Å². The average molecular weight is 260 g/mol. The Kier molecular flexibility index (Phi) is 3.69. The maximum Gasteiger partial charge on any atom is 0.322 e. The maximum absolute atomic E-state index is 12.2. The van der Waals surface area contributed by atoms with Crippen molar-refractivity contribution in [2.24, 2.45) is 0 Å². The molecule has 2 amide bonds. The summed E-state index contributed by atoms with van der Waals surface area (Å²) in [5, 5.41) is 3.07. The van der Waals surface area contributed by atoms with Crippen molar-refractivity contribution in [1.82, 2.24) is 4.90 Å². The highest BCUT2D eigenvalue weighted by Crippen LogP contribution is 2.28. The molecule has 1 saturated heterocycles. The van der Waals surface area contributed by atoms with E-state index in [0.717, 1.165) is 18.5 Å². The maximum atomic E-state index is 12.2. The van der Waals surface area contributed by atoms with Crippen molar-refractivity contribution < 1.29 is 9.53 Å². The quantitative estimate of drug-likeness (QED) is 0.842. The van der Waals surface area contributed by atoms with E-state index in [2.05, 4.69) is 11.4 Å². The number of urea groups is 1. The molecule has 0 saturated carbocycles. The molecule has 0 bridgehead atoms. The minimum absolute atomic E-state index is 0.00211. The molecule has 1 aromatic rings. The zero-order valence-corrected chi connectivity index (χ0v) is 11.2. The number of carbonyl (C=O) groups is 1. The van der Waals surface area contributed by atoms with Crippen molar-refractivity contribution >= 4 is 11.7 Å². The number of anilines is 1. The molecule has 1 aliphatic carbocycles. The van der Waals surface area contributed by atoms with Crippen LogP contribution in [-0.2, 0) is 17.6 Å². The lowest BCUT2D eigenvalue weighted by atomic mass is 9.90. The molecule has 1 N–H and O–H groups in total. The van der Waals surface area contributed by atoms with E-state index in [4.69, 9.17) is 4.74 Å². The van der Waals surface area contributed by atoms with Crippen LogP contribution in [0.3, 0.4) is 0 Å². The molecule has 1 fully saturated rings.